The van der Waals surface area contributed by atoms with E-state index in [0.717, 1.165) is 0 Å². The molecule has 0 aromatic heterocycles. The van der Waals surface area contributed by atoms with Gasteiger partial charge in [0.25, 0.3) is 0 Å². The molecule has 0 radical (unpaired) electrons. The average Bonchev–Trinajstić information content (AvgIpc) is 2.33. The molecule has 2 N–H and O–H groups in total. The summed E-state index contributed by atoms with van der Waals surface area (Å²) >= 11 is 0. The molecule has 3 nitrogen and oxygen atoms in total. The summed E-state index contributed by atoms with van der Waals surface area (Å²) in [5.74, 6) is 0. The Morgan fingerprint density at radius 2 is 1.64 bits per heavy atom. The van der Waals surface area contributed by atoms with E-state index in [9.17, 15) is 4.79 Å². The average molecular weight is 159 g/mol. The van der Waals surface area contributed by atoms with Crippen LogP contribution < -0.4 is 5.73 Å². The van der Waals surface area contributed by atoms with Crippen LogP contribution in [0.2, 0.25) is 0 Å². The summed E-state index contributed by atoms with van der Waals surface area (Å²) in [7, 11) is 0. The lowest BCUT2D eigenvalue weighted by Crippen LogP contribution is -2.27. The van der Waals surface area contributed by atoms with Crippen LogP contribution in [0.25, 0.3) is 0 Å². The summed E-state index contributed by atoms with van der Waals surface area (Å²) < 4.78 is 4.58. The first kappa shape index (κ1) is 10.3. The van der Waals surface area contributed by atoms with Crippen LogP contribution in [-0.4, -0.2) is 11.7 Å². The molecule has 3 heteroatoms. The largest absolute Gasteiger partial charge is 0.444 e. The third-order valence-corrected chi connectivity index (χ3v) is 0.760. The van der Waals surface area contributed by atoms with Crippen molar-refractivity contribution in [3.8, 4) is 0 Å². The van der Waals surface area contributed by atoms with Crippen LogP contribution in [0.4, 0.5) is 4.79 Å². The van der Waals surface area contributed by atoms with Crippen LogP contribution in [0.3, 0.4) is 0 Å². The van der Waals surface area contributed by atoms with Crippen LogP contribution in [-0.2, 0) is 4.74 Å². The summed E-state index contributed by atoms with van der Waals surface area (Å²) in [6.45, 7) is 5.28. The minimum atomic E-state index is -0.725. The van der Waals surface area contributed by atoms with Crippen molar-refractivity contribution >= 4 is 6.09 Å². The van der Waals surface area contributed by atoms with Gasteiger partial charge in [0.05, 0.1) is 0 Å². The van der Waals surface area contributed by atoms with Crippen LogP contribution in [0.1, 0.15) is 40.0 Å². The number of ether oxygens (including phenoxy) is 1. The lowest BCUT2D eigenvalue weighted by atomic mass is 10.2. The summed E-state index contributed by atoms with van der Waals surface area (Å²) in [6.07, 6.45) is 3.78. The second kappa shape index (κ2) is 4.21. The Labute approximate surface area is 67.9 Å². The number of rotatable bonds is 0. The number of nitrogens with two attached hydrogens (primary N) is 1. The molecule has 0 aromatic rings. The lowest BCUT2D eigenvalue weighted by Gasteiger charge is -2.16. The zero-order valence-corrected chi connectivity index (χ0v) is 7.52. The molecule has 0 atom stereocenters. The number of hydrogen-bond donors (Lipinski definition) is 1. The van der Waals surface area contributed by atoms with Gasteiger partial charge in [-0.2, -0.15) is 0 Å². The van der Waals surface area contributed by atoms with Crippen molar-refractivity contribution in [1.29, 1.82) is 0 Å². The zero-order chi connectivity index (χ0) is 8.91. The summed E-state index contributed by atoms with van der Waals surface area (Å²) in [5.41, 5.74) is 4.26. The number of carbonyl (C=O) groups is 1. The Morgan fingerprint density at radius 1 is 1.27 bits per heavy atom. The minimum Gasteiger partial charge on any atom is -0.444 e. The molecule has 1 aliphatic carbocycles. The van der Waals surface area contributed by atoms with Crippen molar-refractivity contribution in [2.45, 2.75) is 45.6 Å². The van der Waals surface area contributed by atoms with Crippen LogP contribution in [0.15, 0.2) is 0 Å². The van der Waals surface area contributed by atoms with Gasteiger partial charge in [-0.3, -0.25) is 0 Å². The Hall–Kier alpha value is -0.730. The standard InChI is InChI=1S/C5H11NO2.C3H6/c1-5(2,3)8-4(6)7;1-2-3-1/h1-3H3,(H2,6,7);1-3H2. The van der Waals surface area contributed by atoms with Crippen molar-refractivity contribution in [2.24, 2.45) is 5.73 Å². The Balaban J connectivity index is 0.000000271. The van der Waals surface area contributed by atoms with Gasteiger partial charge in [-0.05, 0) is 20.8 Å². The van der Waals surface area contributed by atoms with E-state index in [-0.39, 0.29) is 0 Å². The number of carbonyl (C=O) groups excluding carboxylic acids is 1. The predicted molar refractivity (Wildman–Crippen MR) is 44.3 cm³/mol. The van der Waals surface area contributed by atoms with Crippen LogP contribution >= 0.6 is 0 Å². The number of hydrogen-bond acceptors (Lipinski definition) is 2. The maximum atomic E-state index is 10.0. The molecule has 0 heterocycles. The Bertz CT molecular complexity index is 122. The summed E-state index contributed by atoms with van der Waals surface area (Å²) in [4.78, 5) is 10.0. The van der Waals surface area contributed by atoms with Gasteiger partial charge in [-0.1, -0.05) is 19.3 Å². The highest BCUT2D eigenvalue weighted by Crippen LogP contribution is 2.14. The van der Waals surface area contributed by atoms with Crippen molar-refractivity contribution in [3.63, 3.8) is 0 Å². The first-order valence-electron chi connectivity index (χ1n) is 3.90. The molecule has 0 aliphatic heterocycles. The first-order valence-corrected chi connectivity index (χ1v) is 3.90. The highest BCUT2D eigenvalue weighted by molar-refractivity contribution is 5.65. The molecule has 0 aromatic carbocycles. The number of amides is 1. The van der Waals surface area contributed by atoms with E-state index in [1.807, 2.05) is 0 Å². The van der Waals surface area contributed by atoms with E-state index >= 15 is 0 Å². The SMILES string of the molecule is C1CC1.CC(C)(C)OC(N)=O. The van der Waals surface area contributed by atoms with E-state index in [2.05, 4.69) is 4.74 Å². The molecule has 11 heavy (non-hydrogen) atoms. The molecular weight excluding hydrogens is 142 g/mol. The first-order chi connectivity index (χ1) is 4.92. The Kier molecular flexibility index (Phi) is 3.93. The maximum absolute atomic E-state index is 10.0. The summed E-state index contributed by atoms with van der Waals surface area (Å²) in [5, 5.41) is 0. The van der Waals surface area contributed by atoms with E-state index in [0.29, 0.717) is 0 Å². The molecule has 0 saturated heterocycles. The maximum Gasteiger partial charge on any atom is 0.405 e. The highest BCUT2D eigenvalue weighted by Gasteiger charge is 2.12. The molecular formula is C8H17NO2. The van der Waals surface area contributed by atoms with Gasteiger partial charge in [0, 0.05) is 0 Å². The van der Waals surface area contributed by atoms with E-state index in [1.54, 1.807) is 20.8 Å². The topological polar surface area (TPSA) is 52.3 Å². The second-order valence-corrected chi connectivity index (χ2v) is 3.59. The smallest absolute Gasteiger partial charge is 0.405 e. The molecule has 1 fully saturated rings. The normalized spacial score (nSPS) is 14.5. The highest BCUT2D eigenvalue weighted by atomic mass is 16.6. The fourth-order valence-corrected chi connectivity index (χ4v) is 0.302. The molecule has 0 bridgehead atoms. The minimum absolute atomic E-state index is 0.453. The molecule has 1 rings (SSSR count). The molecule has 1 amide bonds. The van der Waals surface area contributed by atoms with Gasteiger partial charge >= 0.3 is 6.09 Å². The quantitative estimate of drug-likeness (QED) is 0.588. The molecule has 1 saturated carbocycles. The monoisotopic (exact) mass is 159 g/mol. The number of primary amides is 1. The lowest BCUT2D eigenvalue weighted by molar-refractivity contribution is 0.0600. The van der Waals surface area contributed by atoms with Gasteiger partial charge in [0.1, 0.15) is 5.60 Å². The van der Waals surface area contributed by atoms with E-state index < -0.39 is 11.7 Å². The fraction of sp³-hybridized carbons (Fsp3) is 0.875. The third kappa shape index (κ3) is 17.6. The molecule has 0 spiro atoms. The molecule has 0 unspecified atom stereocenters. The van der Waals surface area contributed by atoms with Crippen LogP contribution in [0.5, 0.6) is 0 Å². The predicted octanol–water partition coefficient (Wildman–Crippen LogP) is 2.05. The van der Waals surface area contributed by atoms with Crippen molar-refractivity contribution in [3.05, 3.63) is 0 Å². The van der Waals surface area contributed by atoms with Gasteiger partial charge in [0.15, 0.2) is 0 Å². The molecule has 66 valence electrons. The molecule has 1 aliphatic rings. The van der Waals surface area contributed by atoms with Crippen LogP contribution in [0, 0.1) is 0 Å². The van der Waals surface area contributed by atoms with Gasteiger partial charge in [0.2, 0.25) is 0 Å². The van der Waals surface area contributed by atoms with Crippen molar-refractivity contribution < 1.29 is 9.53 Å². The van der Waals surface area contributed by atoms with Crippen molar-refractivity contribution in [1.82, 2.24) is 0 Å². The third-order valence-electron chi connectivity index (χ3n) is 0.760. The van der Waals surface area contributed by atoms with E-state index in [1.165, 1.54) is 19.3 Å². The van der Waals surface area contributed by atoms with Crippen molar-refractivity contribution in [2.75, 3.05) is 0 Å². The van der Waals surface area contributed by atoms with Gasteiger partial charge in [-0.15, -0.1) is 0 Å². The fourth-order valence-electron chi connectivity index (χ4n) is 0.302. The van der Waals surface area contributed by atoms with E-state index in [4.69, 9.17) is 5.73 Å². The van der Waals surface area contributed by atoms with Gasteiger partial charge in [-0.25, -0.2) is 4.79 Å². The second-order valence-electron chi connectivity index (χ2n) is 3.59. The van der Waals surface area contributed by atoms with Gasteiger partial charge < -0.3 is 10.5 Å². The zero-order valence-electron chi connectivity index (χ0n) is 7.52. The summed E-state index contributed by atoms with van der Waals surface area (Å²) in [6, 6.07) is 0. The Morgan fingerprint density at radius 3 is 1.64 bits per heavy atom.